The summed E-state index contributed by atoms with van der Waals surface area (Å²) in [6.45, 7) is 6.34. The molecule has 0 saturated carbocycles. The molecule has 0 unspecified atom stereocenters. The minimum absolute atomic E-state index is 0.0872. The zero-order chi connectivity index (χ0) is 21.7. The van der Waals surface area contributed by atoms with Gasteiger partial charge in [0.05, 0.1) is 4.90 Å². The predicted molar refractivity (Wildman–Crippen MR) is 115 cm³/mol. The van der Waals surface area contributed by atoms with E-state index in [1.807, 2.05) is 45.0 Å². The second kappa shape index (κ2) is 7.46. The molecular formula is C23H27FN2O3S. The average molecular weight is 431 g/mol. The van der Waals surface area contributed by atoms with Crippen LogP contribution in [-0.2, 0) is 26.7 Å². The van der Waals surface area contributed by atoms with Crippen LogP contribution in [0.15, 0.2) is 53.4 Å². The van der Waals surface area contributed by atoms with Crippen molar-refractivity contribution in [2.75, 3.05) is 18.0 Å². The first kappa shape index (κ1) is 21.0. The number of rotatable bonds is 3. The smallest absolute Gasteiger partial charge is 0.245 e. The Hall–Kier alpha value is -2.25. The van der Waals surface area contributed by atoms with E-state index in [-0.39, 0.29) is 29.2 Å². The number of anilines is 1. The van der Waals surface area contributed by atoms with Crippen LogP contribution in [0.25, 0.3) is 0 Å². The summed E-state index contributed by atoms with van der Waals surface area (Å²) in [6, 6.07) is 13.2. The second-order valence-corrected chi connectivity index (χ2v) is 11.0. The fourth-order valence-corrected chi connectivity index (χ4v) is 5.88. The molecule has 2 heterocycles. The van der Waals surface area contributed by atoms with Gasteiger partial charge in [-0.25, -0.2) is 12.8 Å². The van der Waals surface area contributed by atoms with Crippen LogP contribution in [0.4, 0.5) is 10.1 Å². The van der Waals surface area contributed by atoms with E-state index >= 15 is 0 Å². The zero-order valence-corrected chi connectivity index (χ0v) is 18.3. The Bertz CT molecular complexity index is 1060. The van der Waals surface area contributed by atoms with Crippen molar-refractivity contribution >= 4 is 21.6 Å². The molecule has 2 aromatic carbocycles. The molecule has 30 heavy (non-hydrogen) atoms. The van der Waals surface area contributed by atoms with Crippen LogP contribution < -0.4 is 4.90 Å². The van der Waals surface area contributed by atoms with Crippen LogP contribution in [0, 0.1) is 0 Å². The van der Waals surface area contributed by atoms with E-state index in [0.29, 0.717) is 13.0 Å². The number of halogens is 1. The Morgan fingerprint density at radius 3 is 2.40 bits per heavy atom. The molecule has 5 nitrogen and oxygen atoms in total. The third kappa shape index (κ3) is 3.65. The van der Waals surface area contributed by atoms with Gasteiger partial charge in [-0.15, -0.1) is 0 Å². The number of nitrogens with zero attached hydrogens (tertiary/aromatic N) is 2. The number of sulfonamides is 1. The molecule has 1 saturated heterocycles. The molecule has 2 atom stereocenters. The van der Waals surface area contributed by atoms with Gasteiger partial charge in [-0.1, -0.05) is 51.1 Å². The number of hydrogen-bond donors (Lipinski definition) is 0. The molecule has 1 amide bonds. The van der Waals surface area contributed by atoms with Gasteiger partial charge in [0.15, 0.2) is 0 Å². The molecule has 7 heteroatoms. The fraction of sp³-hybridized carbons (Fsp3) is 0.435. The van der Waals surface area contributed by atoms with Crippen LogP contribution >= 0.6 is 0 Å². The molecule has 0 N–H and O–H groups in total. The minimum atomic E-state index is -3.99. The summed E-state index contributed by atoms with van der Waals surface area (Å²) in [4.78, 5) is 15.0. The first-order valence-electron chi connectivity index (χ1n) is 10.2. The minimum Gasteiger partial charge on any atom is -0.310 e. The van der Waals surface area contributed by atoms with Crippen LogP contribution in [0.3, 0.4) is 0 Å². The van der Waals surface area contributed by atoms with Crippen LogP contribution in [-0.4, -0.2) is 43.9 Å². The SMILES string of the molecule is CC(C)(C)c1ccc(S(=O)(=O)N2C[C@@H](F)C[C@H]2C(=O)N2CCc3ccccc32)cc1. The Morgan fingerprint density at radius 2 is 1.73 bits per heavy atom. The molecule has 160 valence electrons. The normalized spacial score (nSPS) is 22.3. The van der Waals surface area contributed by atoms with E-state index in [9.17, 15) is 17.6 Å². The molecule has 0 radical (unpaired) electrons. The molecule has 0 aromatic heterocycles. The molecule has 2 aliphatic heterocycles. The summed E-state index contributed by atoms with van der Waals surface area (Å²) in [5.74, 6) is -0.352. The number of carbonyl (C=O) groups is 1. The van der Waals surface area contributed by atoms with Crippen molar-refractivity contribution in [2.45, 2.75) is 56.1 Å². The molecular weight excluding hydrogens is 403 g/mol. The summed E-state index contributed by atoms with van der Waals surface area (Å²) < 4.78 is 42.0. The standard InChI is InChI=1S/C23H27FN2O3S/c1-23(2,3)17-8-10-19(11-9-17)30(28,29)26-15-18(24)14-21(26)22(27)25-13-12-16-6-4-5-7-20(16)25/h4-11,18,21H,12-15H2,1-3H3/t18-,21-/m0/s1. The lowest BCUT2D eigenvalue weighted by atomic mass is 9.87. The van der Waals surface area contributed by atoms with Gasteiger partial charge in [0, 0.05) is 25.2 Å². The average Bonchev–Trinajstić information content (AvgIpc) is 3.31. The van der Waals surface area contributed by atoms with Gasteiger partial charge in [0.2, 0.25) is 15.9 Å². The summed E-state index contributed by atoms with van der Waals surface area (Å²) in [7, 11) is -3.99. The largest absolute Gasteiger partial charge is 0.310 e. The maximum atomic E-state index is 14.4. The van der Waals surface area contributed by atoms with Crippen molar-refractivity contribution in [3.63, 3.8) is 0 Å². The van der Waals surface area contributed by atoms with Crippen molar-refractivity contribution in [2.24, 2.45) is 0 Å². The van der Waals surface area contributed by atoms with Crippen molar-refractivity contribution in [3.8, 4) is 0 Å². The van der Waals surface area contributed by atoms with Gasteiger partial charge >= 0.3 is 0 Å². The van der Waals surface area contributed by atoms with Crippen molar-refractivity contribution < 1.29 is 17.6 Å². The van der Waals surface area contributed by atoms with Gasteiger partial charge in [0.1, 0.15) is 12.2 Å². The maximum Gasteiger partial charge on any atom is 0.245 e. The Morgan fingerprint density at radius 1 is 1.07 bits per heavy atom. The number of alkyl halides is 1. The third-order valence-corrected chi connectivity index (χ3v) is 7.86. The van der Waals surface area contributed by atoms with E-state index in [2.05, 4.69) is 0 Å². The molecule has 0 spiro atoms. The number of amides is 1. The van der Waals surface area contributed by atoms with Gasteiger partial charge in [0.25, 0.3) is 0 Å². The highest BCUT2D eigenvalue weighted by atomic mass is 32.2. The number of carbonyl (C=O) groups excluding carboxylic acids is 1. The van der Waals surface area contributed by atoms with Gasteiger partial charge < -0.3 is 4.90 Å². The highest BCUT2D eigenvalue weighted by molar-refractivity contribution is 7.89. The number of para-hydroxylation sites is 1. The Labute approximate surface area is 177 Å². The molecule has 0 bridgehead atoms. The summed E-state index contributed by atoms with van der Waals surface area (Å²) in [5.41, 5.74) is 2.73. The highest BCUT2D eigenvalue weighted by Crippen LogP contribution is 2.34. The van der Waals surface area contributed by atoms with E-state index in [1.165, 1.54) is 0 Å². The van der Waals surface area contributed by atoms with E-state index in [4.69, 9.17) is 0 Å². The highest BCUT2D eigenvalue weighted by Gasteiger charge is 2.46. The Balaban J connectivity index is 1.63. The monoisotopic (exact) mass is 430 g/mol. The number of hydrogen-bond acceptors (Lipinski definition) is 3. The third-order valence-electron chi connectivity index (χ3n) is 5.97. The van der Waals surface area contributed by atoms with E-state index in [1.54, 1.807) is 29.2 Å². The quantitative estimate of drug-likeness (QED) is 0.747. The summed E-state index contributed by atoms with van der Waals surface area (Å²) >= 11 is 0. The summed E-state index contributed by atoms with van der Waals surface area (Å²) in [5, 5.41) is 0. The molecule has 2 aliphatic rings. The van der Waals surface area contributed by atoms with E-state index in [0.717, 1.165) is 21.1 Å². The van der Waals surface area contributed by atoms with Gasteiger partial charge in [-0.05, 0) is 41.2 Å². The van der Waals surface area contributed by atoms with Crippen LogP contribution in [0.5, 0.6) is 0 Å². The lowest BCUT2D eigenvalue weighted by Crippen LogP contribution is -2.47. The maximum absolute atomic E-state index is 14.4. The Kier molecular flexibility index (Phi) is 5.22. The zero-order valence-electron chi connectivity index (χ0n) is 17.5. The molecule has 0 aliphatic carbocycles. The summed E-state index contributed by atoms with van der Waals surface area (Å²) in [6.07, 6.45) is -0.758. The van der Waals surface area contributed by atoms with E-state index < -0.39 is 22.2 Å². The topological polar surface area (TPSA) is 57.7 Å². The number of fused-ring (bicyclic) bond motifs is 1. The van der Waals surface area contributed by atoms with Gasteiger partial charge in [-0.3, -0.25) is 4.79 Å². The van der Waals surface area contributed by atoms with Crippen LogP contribution in [0.2, 0.25) is 0 Å². The first-order valence-corrected chi connectivity index (χ1v) is 11.7. The molecule has 2 aromatic rings. The first-order chi connectivity index (χ1) is 14.1. The fourth-order valence-electron chi connectivity index (χ4n) is 4.26. The lowest BCUT2D eigenvalue weighted by molar-refractivity contribution is -0.121. The van der Waals surface area contributed by atoms with Crippen molar-refractivity contribution in [1.29, 1.82) is 0 Å². The predicted octanol–water partition coefficient (Wildman–Crippen LogP) is 3.67. The molecule has 4 rings (SSSR count). The van der Waals surface area contributed by atoms with Crippen molar-refractivity contribution in [1.82, 2.24) is 4.31 Å². The number of benzene rings is 2. The van der Waals surface area contributed by atoms with Crippen LogP contribution in [0.1, 0.15) is 38.3 Å². The lowest BCUT2D eigenvalue weighted by Gasteiger charge is -2.27. The second-order valence-electron chi connectivity index (χ2n) is 9.07. The molecule has 1 fully saturated rings. The van der Waals surface area contributed by atoms with Crippen molar-refractivity contribution in [3.05, 3.63) is 59.7 Å². The van der Waals surface area contributed by atoms with Gasteiger partial charge in [-0.2, -0.15) is 4.31 Å².